The molecule has 3 rings (SSSR count). The van der Waals surface area contributed by atoms with Gasteiger partial charge in [0.2, 0.25) is 0 Å². The Bertz CT molecular complexity index is 693. The van der Waals surface area contributed by atoms with Gasteiger partial charge in [0.1, 0.15) is 11.6 Å². The second-order valence-corrected chi connectivity index (χ2v) is 8.57. The summed E-state index contributed by atoms with van der Waals surface area (Å²) in [5, 5.41) is 25.6. The molecule has 1 aromatic rings. The maximum atomic E-state index is 9.37. The summed E-state index contributed by atoms with van der Waals surface area (Å²) >= 11 is 0. The van der Waals surface area contributed by atoms with E-state index >= 15 is 0 Å². The summed E-state index contributed by atoms with van der Waals surface area (Å²) in [5.74, 6) is 2.39. The molecule has 0 aromatic heterocycles. The number of rotatable bonds is 11. The first-order chi connectivity index (χ1) is 15.3. The minimum Gasteiger partial charge on any atom is -0.494 e. The lowest BCUT2D eigenvalue weighted by atomic mass is 10.1. The molecular weight excluding hydrogens is 392 g/mol. The molecule has 2 aliphatic heterocycles. The molecule has 0 aliphatic carbocycles. The first kappa shape index (κ1) is 23.2. The van der Waals surface area contributed by atoms with Gasteiger partial charge < -0.3 is 25.0 Å². The summed E-state index contributed by atoms with van der Waals surface area (Å²) in [6.45, 7) is 4.70. The van der Waals surface area contributed by atoms with Gasteiger partial charge in [-0.25, -0.2) is 0 Å². The van der Waals surface area contributed by atoms with Gasteiger partial charge in [-0.1, -0.05) is 36.0 Å². The molecule has 2 N–H and O–H groups in total. The van der Waals surface area contributed by atoms with Gasteiger partial charge in [0, 0.05) is 38.2 Å². The average molecular weight is 431 g/mol. The highest BCUT2D eigenvalue weighted by molar-refractivity contribution is 5.98. The molecule has 1 aromatic carbocycles. The van der Waals surface area contributed by atoms with Crippen LogP contribution in [0, 0.1) is 0 Å². The third-order valence-corrected chi connectivity index (χ3v) is 6.26. The molecule has 2 fully saturated rings. The molecule has 0 unspecified atom stereocenters. The molecule has 2 aliphatic rings. The number of hydrogen-bond donors (Lipinski definition) is 2. The lowest BCUT2D eigenvalue weighted by Crippen LogP contribution is -2.28. The summed E-state index contributed by atoms with van der Waals surface area (Å²) < 4.78 is 5.87. The van der Waals surface area contributed by atoms with Crippen molar-refractivity contribution in [3.63, 3.8) is 0 Å². The summed E-state index contributed by atoms with van der Waals surface area (Å²) in [5.41, 5.74) is 0.927. The lowest BCUT2D eigenvalue weighted by Gasteiger charge is -2.18. The number of amidine groups is 2. The zero-order valence-electron chi connectivity index (χ0n) is 18.7. The maximum absolute atomic E-state index is 9.37. The Morgan fingerprint density at radius 1 is 0.742 bits per heavy atom. The van der Waals surface area contributed by atoms with Crippen LogP contribution in [0.15, 0.2) is 34.6 Å². The van der Waals surface area contributed by atoms with Crippen molar-refractivity contribution in [3.8, 4) is 5.75 Å². The average Bonchev–Trinajstić information content (AvgIpc) is 3.52. The van der Waals surface area contributed by atoms with Crippen LogP contribution < -0.4 is 4.74 Å². The second kappa shape index (κ2) is 13.1. The fraction of sp³-hybridized carbons (Fsp3) is 0.667. The quantitative estimate of drug-likeness (QED) is 0.171. The van der Waals surface area contributed by atoms with Crippen molar-refractivity contribution in [3.05, 3.63) is 29.8 Å². The van der Waals surface area contributed by atoms with Crippen LogP contribution in [0.5, 0.6) is 5.75 Å². The fourth-order valence-electron chi connectivity index (χ4n) is 4.46. The van der Waals surface area contributed by atoms with E-state index in [1.807, 2.05) is 24.3 Å². The Hall–Kier alpha value is -2.44. The standard InChI is InChI=1S/C24H38N4O3/c29-25-23(27-16-6-7-17-27)11-5-3-1-2-4-10-20-31-22-14-12-21(13-15-22)24(26-30)28-18-8-9-19-28/h12-15,29-30H,1-11,16-20H2/b25-23+,26-24-. The van der Waals surface area contributed by atoms with Gasteiger partial charge >= 0.3 is 0 Å². The SMILES string of the molecule is O/N=C(/c1ccc(OCCCCCCCC/C(=N\O)N2CCCC2)cc1)N1CCCC1. The van der Waals surface area contributed by atoms with Crippen molar-refractivity contribution in [2.24, 2.45) is 10.3 Å². The van der Waals surface area contributed by atoms with Gasteiger partial charge in [-0.15, -0.1) is 0 Å². The van der Waals surface area contributed by atoms with Gasteiger partial charge in [0.25, 0.3) is 0 Å². The third-order valence-electron chi connectivity index (χ3n) is 6.26. The third kappa shape index (κ3) is 7.33. The van der Waals surface area contributed by atoms with Gasteiger partial charge in [-0.05, 0) is 62.8 Å². The summed E-state index contributed by atoms with van der Waals surface area (Å²) in [4.78, 5) is 4.34. The fourth-order valence-corrected chi connectivity index (χ4v) is 4.46. The Kier molecular flexibility index (Phi) is 9.80. The smallest absolute Gasteiger partial charge is 0.175 e. The number of hydrogen-bond acceptors (Lipinski definition) is 5. The van der Waals surface area contributed by atoms with Gasteiger partial charge in [-0.3, -0.25) is 0 Å². The normalized spacial score (nSPS) is 17.5. The van der Waals surface area contributed by atoms with Crippen LogP contribution in [0.25, 0.3) is 0 Å². The predicted octanol–water partition coefficient (Wildman–Crippen LogP) is 4.91. The number of unbranched alkanes of at least 4 members (excludes halogenated alkanes) is 5. The van der Waals surface area contributed by atoms with E-state index in [0.29, 0.717) is 5.84 Å². The largest absolute Gasteiger partial charge is 0.494 e. The topological polar surface area (TPSA) is 80.9 Å². The Labute approximate surface area is 186 Å². The van der Waals surface area contributed by atoms with E-state index in [-0.39, 0.29) is 0 Å². The van der Waals surface area contributed by atoms with E-state index < -0.39 is 0 Å². The van der Waals surface area contributed by atoms with Crippen molar-refractivity contribution >= 4 is 11.7 Å². The minimum atomic E-state index is 0.655. The molecule has 7 heteroatoms. The number of ether oxygens (including phenoxy) is 1. The first-order valence-corrected chi connectivity index (χ1v) is 12.0. The van der Waals surface area contributed by atoms with E-state index in [2.05, 4.69) is 20.1 Å². The zero-order chi connectivity index (χ0) is 21.7. The Morgan fingerprint density at radius 3 is 1.94 bits per heavy atom. The molecule has 0 radical (unpaired) electrons. The van der Waals surface area contributed by atoms with Crippen molar-refractivity contribution in [1.29, 1.82) is 0 Å². The van der Waals surface area contributed by atoms with E-state index in [1.54, 1.807) is 0 Å². The van der Waals surface area contributed by atoms with Crippen LogP contribution in [0.2, 0.25) is 0 Å². The van der Waals surface area contributed by atoms with E-state index in [1.165, 1.54) is 38.5 Å². The molecule has 7 nitrogen and oxygen atoms in total. The summed E-state index contributed by atoms with van der Waals surface area (Å²) in [6.07, 6.45) is 12.5. The highest BCUT2D eigenvalue weighted by Crippen LogP contribution is 2.18. The summed E-state index contributed by atoms with van der Waals surface area (Å²) in [7, 11) is 0. The first-order valence-electron chi connectivity index (χ1n) is 12.0. The monoisotopic (exact) mass is 430 g/mol. The molecule has 0 amide bonds. The lowest BCUT2D eigenvalue weighted by molar-refractivity contribution is 0.301. The van der Waals surface area contributed by atoms with Crippen molar-refractivity contribution in [1.82, 2.24) is 9.80 Å². The Balaban J connectivity index is 1.23. The van der Waals surface area contributed by atoms with Crippen LogP contribution in [-0.4, -0.2) is 64.7 Å². The highest BCUT2D eigenvalue weighted by Gasteiger charge is 2.18. The van der Waals surface area contributed by atoms with Gasteiger partial charge in [-0.2, -0.15) is 0 Å². The second-order valence-electron chi connectivity index (χ2n) is 8.57. The molecule has 0 bridgehead atoms. The van der Waals surface area contributed by atoms with E-state index in [4.69, 9.17) is 4.74 Å². The number of likely N-dealkylation sites (tertiary alicyclic amines) is 2. The number of benzene rings is 1. The predicted molar refractivity (Wildman–Crippen MR) is 123 cm³/mol. The van der Waals surface area contributed by atoms with E-state index in [0.717, 1.165) is 82.0 Å². The molecule has 172 valence electrons. The van der Waals surface area contributed by atoms with Gasteiger partial charge in [0.15, 0.2) is 5.84 Å². The molecule has 0 spiro atoms. The number of oxime groups is 2. The molecule has 0 saturated carbocycles. The minimum absolute atomic E-state index is 0.655. The van der Waals surface area contributed by atoms with Crippen LogP contribution in [0.3, 0.4) is 0 Å². The summed E-state index contributed by atoms with van der Waals surface area (Å²) in [6, 6.07) is 7.85. The molecule has 2 saturated heterocycles. The molecule has 31 heavy (non-hydrogen) atoms. The van der Waals surface area contributed by atoms with Crippen molar-refractivity contribution < 1.29 is 15.2 Å². The van der Waals surface area contributed by atoms with Crippen molar-refractivity contribution in [2.45, 2.75) is 70.6 Å². The van der Waals surface area contributed by atoms with Gasteiger partial charge in [0.05, 0.1) is 6.61 Å². The molecule has 2 heterocycles. The Morgan fingerprint density at radius 2 is 1.32 bits per heavy atom. The van der Waals surface area contributed by atoms with Crippen LogP contribution in [0.4, 0.5) is 0 Å². The van der Waals surface area contributed by atoms with E-state index in [9.17, 15) is 10.4 Å². The van der Waals surface area contributed by atoms with Crippen LogP contribution >= 0.6 is 0 Å². The van der Waals surface area contributed by atoms with Crippen molar-refractivity contribution in [2.75, 3.05) is 32.8 Å². The maximum Gasteiger partial charge on any atom is 0.175 e. The highest BCUT2D eigenvalue weighted by atomic mass is 16.5. The van der Waals surface area contributed by atoms with Crippen LogP contribution in [0.1, 0.15) is 76.2 Å². The number of nitrogens with zero attached hydrogens (tertiary/aromatic N) is 4. The van der Waals surface area contributed by atoms with Crippen LogP contribution in [-0.2, 0) is 0 Å². The molecule has 0 atom stereocenters. The zero-order valence-corrected chi connectivity index (χ0v) is 18.7. The molecular formula is C24H38N4O3.